The second kappa shape index (κ2) is 7.58. The molecule has 0 aliphatic carbocycles. The number of aromatic carboxylic acids is 1. The van der Waals surface area contributed by atoms with Gasteiger partial charge in [-0.15, -0.1) is 0 Å². The fourth-order valence-electron chi connectivity index (χ4n) is 1.76. The van der Waals surface area contributed by atoms with Gasteiger partial charge >= 0.3 is 5.97 Å². The second-order valence-corrected chi connectivity index (χ2v) is 4.29. The van der Waals surface area contributed by atoms with E-state index in [0.29, 0.717) is 18.0 Å². The van der Waals surface area contributed by atoms with E-state index in [-0.39, 0.29) is 5.56 Å². The second-order valence-electron chi connectivity index (χ2n) is 4.29. The summed E-state index contributed by atoms with van der Waals surface area (Å²) < 4.78 is 5.50. The van der Waals surface area contributed by atoms with E-state index in [4.69, 9.17) is 15.6 Å². The van der Waals surface area contributed by atoms with Crippen molar-refractivity contribution >= 4 is 11.7 Å². The number of benzene rings is 1. The van der Waals surface area contributed by atoms with Gasteiger partial charge < -0.3 is 15.6 Å². The quantitative estimate of drug-likeness (QED) is 0.549. The molecule has 1 aromatic rings. The minimum absolute atomic E-state index is 0.128. The number of unbranched alkanes of at least 4 members (excludes halogenated alkanes) is 4. The van der Waals surface area contributed by atoms with E-state index < -0.39 is 5.97 Å². The molecule has 0 heterocycles. The van der Waals surface area contributed by atoms with Crippen LogP contribution in [0.15, 0.2) is 18.2 Å². The van der Waals surface area contributed by atoms with Crippen LogP contribution in [0.1, 0.15) is 49.4 Å². The van der Waals surface area contributed by atoms with Gasteiger partial charge in [-0.1, -0.05) is 38.7 Å². The van der Waals surface area contributed by atoms with Crippen LogP contribution in [0.3, 0.4) is 0 Å². The molecule has 0 bridgehead atoms. The average Bonchev–Trinajstić information content (AvgIpc) is 2.34. The lowest BCUT2D eigenvalue weighted by atomic mass is 10.1. The first-order valence-corrected chi connectivity index (χ1v) is 6.41. The van der Waals surface area contributed by atoms with Gasteiger partial charge in [0.05, 0.1) is 12.3 Å². The number of hydrogen-bond acceptors (Lipinski definition) is 3. The number of carboxylic acid groups (broad SMARTS) is 1. The van der Waals surface area contributed by atoms with Crippen molar-refractivity contribution in [3.63, 3.8) is 0 Å². The predicted molar refractivity (Wildman–Crippen MR) is 72.1 cm³/mol. The number of ether oxygens (including phenoxy) is 1. The Morgan fingerprint density at radius 2 is 2.00 bits per heavy atom. The van der Waals surface area contributed by atoms with Gasteiger partial charge in [0, 0.05) is 0 Å². The molecule has 3 N–H and O–H groups in total. The van der Waals surface area contributed by atoms with E-state index in [1.165, 1.54) is 25.3 Å². The zero-order valence-electron chi connectivity index (χ0n) is 10.8. The third-order valence-corrected chi connectivity index (χ3v) is 2.77. The van der Waals surface area contributed by atoms with E-state index in [0.717, 1.165) is 12.8 Å². The van der Waals surface area contributed by atoms with Crippen LogP contribution in [-0.4, -0.2) is 17.7 Å². The monoisotopic (exact) mass is 251 g/mol. The largest absolute Gasteiger partial charge is 0.491 e. The van der Waals surface area contributed by atoms with Crippen molar-refractivity contribution in [2.75, 3.05) is 12.3 Å². The first-order valence-electron chi connectivity index (χ1n) is 6.41. The molecule has 1 rings (SSSR count). The molecule has 0 radical (unpaired) electrons. The molecule has 0 unspecified atom stereocenters. The molecular formula is C14H21NO3. The van der Waals surface area contributed by atoms with Gasteiger partial charge in [-0.25, -0.2) is 4.79 Å². The highest BCUT2D eigenvalue weighted by Crippen LogP contribution is 2.26. The fourth-order valence-corrected chi connectivity index (χ4v) is 1.76. The number of carbonyl (C=O) groups is 1. The molecule has 0 saturated carbocycles. The van der Waals surface area contributed by atoms with Crippen molar-refractivity contribution in [3.05, 3.63) is 23.8 Å². The first kappa shape index (κ1) is 14.4. The van der Waals surface area contributed by atoms with Crippen LogP contribution in [0.4, 0.5) is 5.69 Å². The molecule has 0 aliphatic heterocycles. The van der Waals surface area contributed by atoms with Gasteiger partial charge in [-0.05, 0) is 18.6 Å². The molecule has 100 valence electrons. The van der Waals surface area contributed by atoms with Crippen LogP contribution >= 0.6 is 0 Å². The number of carboxylic acids is 1. The number of para-hydroxylation sites is 1. The van der Waals surface area contributed by atoms with Gasteiger partial charge in [-0.2, -0.15) is 0 Å². The third kappa shape index (κ3) is 4.28. The molecule has 4 heteroatoms. The van der Waals surface area contributed by atoms with Crippen molar-refractivity contribution in [2.24, 2.45) is 0 Å². The summed E-state index contributed by atoms with van der Waals surface area (Å²) in [6.07, 6.45) is 5.65. The van der Waals surface area contributed by atoms with Gasteiger partial charge in [-0.3, -0.25) is 0 Å². The highest BCUT2D eigenvalue weighted by molar-refractivity contribution is 5.93. The lowest BCUT2D eigenvalue weighted by Gasteiger charge is -2.11. The van der Waals surface area contributed by atoms with Crippen LogP contribution in [0, 0.1) is 0 Å². The van der Waals surface area contributed by atoms with E-state index >= 15 is 0 Å². The van der Waals surface area contributed by atoms with E-state index in [1.54, 1.807) is 12.1 Å². The lowest BCUT2D eigenvalue weighted by molar-refractivity contribution is 0.0692. The van der Waals surface area contributed by atoms with E-state index in [9.17, 15) is 4.79 Å². The Morgan fingerprint density at radius 1 is 1.28 bits per heavy atom. The number of anilines is 1. The Kier molecular flexibility index (Phi) is 6.05. The highest BCUT2D eigenvalue weighted by Gasteiger charge is 2.13. The fraction of sp³-hybridized carbons (Fsp3) is 0.500. The van der Waals surface area contributed by atoms with Gasteiger partial charge in [0.2, 0.25) is 0 Å². The van der Waals surface area contributed by atoms with Crippen LogP contribution in [-0.2, 0) is 0 Å². The van der Waals surface area contributed by atoms with Crippen LogP contribution in [0.2, 0.25) is 0 Å². The number of rotatable bonds is 8. The number of nitrogens with two attached hydrogens (primary N) is 1. The summed E-state index contributed by atoms with van der Waals surface area (Å²) in [5.41, 5.74) is 6.24. The lowest BCUT2D eigenvalue weighted by Crippen LogP contribution is -2.07. The molecule has 1 aromatic carbocycles. The zero-order chi connectivity index (χ0) is 13.4. The first-order chi connectivity index (χ1) is 8.66. The summed E-state index contributed by atoms with van der Waals surface area (Å²) in [5, 5.41) is 9.03. The van der Waals surface area contributed by atoms with E-state index in [2.05, 4.69) is 6.92 Å². The summed E-state index contributed by atoms with van der Waals surface area (Å²) in [7, 11) is 0. The van der Waals surface area contributed by atoms with Crippen molar-refractivity contribution in [3.8, 4) is 5.75 Å². The smallest absolute Gasteiger partial charge is 0.339 e. The predicted octanol–water partition coefficient (Wildman–Crippen LogP) is 3.32. The molecule has 0 aliphatic rings. The van der Waals surface area contributed by atoms with Gasteiger partial charge in [0.1, 0.15) is 5.56 Å². The van der Waals surface area contributed by atoms with Crippen molar-refractivity contribution in [1.82, 2.24) is 0 Å². The summed E-state index contributed by atoms with van der Waals surface area (Å²) in [4.78, 5) is 11.0. The van der Waals surface area contributed by atoms with Crippen molar-refractivity contribution in [1.29, 1.82) is 0 Å². The Hall–Kier alpha value is -1.71. The average molecular weight is 251 g/mol. The van der Waals surface area contributed by atoms with Gasteiger partial charge in [0.15, 0.2) is 5.75 Å². The third-order valence-electron chi connectivity index (χ3n) is 2.77. The molecule has 0 spiro atoms. The molecule has 0 aromatic heterocycles. The zero-order valence-corrected chi connectivity index (χ0v) is 10.8. The van der Waals surface area contributed by atoms with E-state index in [1.807, 2.05) is 0 Å². The summed E-state index contributed by atoms with van der Waals surface area (Å²) >= 11 is 0. The maximum atomic E-state index is 11.0. The molecule has 0 amide bonds. The standard InChI is InChI=1S/C14H21NO3/c1-2-3-4-5-6-10-18-13-11(14(16)17)8-7-9-12(13)15/h7-9H,2-6,10,15H2,1H3,(H,16,17). The Morgan fingerprint density at radius 3 is 2.67 bits per heavy atom. The van der Waals surface area contributed by atoms with Gasteiger partial charge in [0.25, 0.3) is 0 Å². The molecule has 0 saturated heterocycles. The Labute approximate surface area is 108 Å². The number of nitrogen functional groups attached to an aromatic ring is 1. The van der Waals surface area contributed by atoms with Crippen LogP contribution < -0.4 is 10.5 Å². The Bertz CT molecular complexity index is 391. The van der Waals surface area contributed by atoms with Crippen LogP contribution in [0.25, 0.3) is 0 Å². The highest BCUT2D eigenvalue weighted by atomic mass is 16.5. The Balaban J connectivity index is 2.48. The maximum absolute atomic E-state index is 11.0. The molecule has 0 atom stereocenters. The summed E-state index contributed by atoms with van der Waals surface area (Å²) in [6.45, 7) is 2.68. The van der Waals surface area contributed by atoms with Crippen molar-refractivity contribution in [2.45, 2.75) is 39.0 Å². The molecule has 18 heavy (non-hydrogen) atoms. The SMILES string of the molecule is CCCCCCCOc1c(N)cccc1C(=O)O. The molecule has 4 nitrogen and oxygen atoms in total. The van der Waals surface area contributed by atoms with Crippen molar-refractivity contribution < 1.29 is 14.6 Å². The van der Waals surface area contributed by atoms with Crippen LogP contribution in [0.5, 0.6) is 5.75 Å². The minimum atomic E-state index is -1.01. The summed E-state index contributed by atoms with van der Waals surface area (Å²) in [5.74, 6) is -0.719. The molecular weight excluding hydrogens is 230 g/mol. The maximum Gasteiger partial charge on any atom is 0.339 e. The normalized spacial score (nSPS) is 10.3. The number of hydrogen-bond donors (Lipinski definition) is 2. The summed E-state index contributed by atoms with van der Waals surface area (Å²) in [6, 6.07) is 4.77. The minimum Gasteiger partial charge on any atom is -0.491 e. The molecule has 0 fully saturated rings. The topological polar surface area (TPSA) is 72.5 Å².